The van der Waals surface area contributed by atoms with E-state index < -0.39 is 11.9 Å². The zero-order chi connectivity index (χ0) is 13.3. The van der Waals surface area contributed by atoms with Crippen LogP contribution in [0.5, 0.6) is 0 Å². The second-order valence-corrected chi connectivity index (χ2v) is 4.24. The highest BCUT2D eigenvalue weighted by molar-refractivity contribution is 6.39. The maximum atomic E-state index is 13.8. The first-order valence-electron chi connectivity index (χ1n) is 4.84. The average Bonchev–Trinajstić information content (AvgIpc) is 2.30. The lowest BCUT2D eigenvalue weighted by Crippen LogP contribution is -2.03. The standard InChI is InChI=1S/C12H6Cl2FNO2/c13-7-2-1-3-8(14)10(7)9-6(12(17)18)4-5-16-11(9)15/h1-5H,(H,17,18). The monoisotopic (exact) mass is 285 g/mol. The summed E-state index contributed by atoms with van der Waals surface area (Å²) in [7, 11) is 0. The molecule has 0 fully saturated rings. The molecular formula is C12H6Cl2FNO2. The van der Waals surface area contributed by atoms with E-state index in [0.29, 0.717) is 0 Å². The van der Waals surface area contributed by atoms with Gasteiger partial charge in [0.15, 0.2) is 0 Å². The van der Waals surface area contributed by atoms with Gasteiger partial charge < -0.3 is 5.11 Å². The summed E-state index contributed by atoms with van der Waals surface area (Å²) in [5, 5.41) is 9.38. The van der Waals surface area contributed by atoms with Gasteiger partial charge in [0.1, 0.15) is 0 Å². The number of carbonyl (C=O) groups is 1. The van der Waals surface area contributed by atoms with Crippen LogP contribution in [0.25, 0.3) is 11.1 Å². The molecule has 2 rings (SSSR count). The lowest BCUT2D eigenvalue weighted by molar-refractivity contribution is 0.0697. The van der Waals surface area contributed by atoms with Crippen LogP contribution in [0.4, 0.5) is 4.39 Å². The molecule has 0 radical (unpaired) electrons. The van der Waals surface area contributed by atoms with E-state index in [4.69, 9.17) is 28.3 Å². The Morgan fingerprint density at radius 2 is 1.78 bits per heavy atom. The van der Waals surface area contributed by atoms with Crippen molar-refractivity contribution in [3.63, 3.8) is 0 Å². The summed E-state index contributed by atoms with van der Waals surface area (Å²) in [6.07, 6.45) is 1.08. The van der Waals surface area contributed by atoms with Crippen molar-refractivity contribution in [2.45, 2.75) is 0 Å². The van der Waals surface area contributed by atoms with Gasteiger partial charge in [0.05, 0.1) is 21.2 Å². The van der Waals surface area contributed by atoms with Crippen molar-refractivity contribution in [1.29, 1.82) is 0 Å². The minimum absolute atomic E-state index is 0.129. The Morgan fingerprint density at radius 3 is 2.33 bits per heavy atom. The van der Waals surface area contributed by atoms with Crippen molar-refractivity contribution in [2.75, 3.05) is 0 Å². The summed E-state index contributed by atoms with van der Waals surface area (Å²) in [6, 6.07) is 5.78. The topological polar surface area (TPSA) is 50.2 Å². The molecule has 3 nitrogen and oxygen atoms in total. The lowest BCUT2D eigenvalue weighted by atomic mass is 10.0. The van der Waals surface area contributed by atoms with E-state index in [9.17, 15) is 9.18 Å². The molecule has 0 unspecified atom stereocenters. The van der Waals surface area contributed by atoms with Gasteiger partial charge in [-0.25, -0.2) is 9.78 Å². The number of pyridine rings is 1. The molecule has 18 heavy (non-hydrogen) atoms. The Morgan fingerprint density at radius 1 is 1.17 bits per heavy atom. The second-order valence-electron chi connectivity index (χ2n) is 3.43. The van der Waals surface area contributed by atoms with Crippen molar-refractivity contribution in [2.24, 2.45) is 0 Å². The molecule has 1 heterocycles. The number of carboxylic acid groups (broad SMARTS) is 1. The number of aromatic nitrogens is 1. The number of rotatable bonds is 2. The summed E-state index contributed by atoms with van der Waals surface area (Å²) < 4.78 is 13.8. The van der Waals surface area contributed by atoms with Crippen LogP contribution in [0.3, 0.4) is 0 Å². The molecule has 6 heteroatoms. The van der Waals surface area contributed by atoms with Gasteiger partial charge in [0.25, 0.3) is 0 Å². The SMILES string of the molecule is O=C(O)c1ccnc(F)c1-c1c(Cl)cccc1Cl. The molecule has 0 atom stereocenters. The predicted octanol–water partition coefficient (Wildman–Crippen LogP) is 3.89. The van der Waals surface area contributed by atoms with E-state index in [1.54, 1.807) is 6.07 Å². The third-order valence-corrected chi connectivity index (χ3v) is 2.98. The van der Waals surface area contributed by atoms with Crippen molar-refractivity contribution in [3.8, 4) is 11.1 Å². The van der Waals surface area contributed by atoms with Crippen molar-refractivity contribution >= 4 is 29.2 Å². The minimum Gasteiger partial charge on any atom is -0.478 e. The Hall–Kier alpha value is -1.65. The first-order chi connectivity index (χ1) is 8.52. The average molecular weight is 286 g/mol. The van der Waals surface area contributed by atoms with Crippen LogP contribution in [-0.2, 0) is 0 Å². The normalized spacial score (nSPS) is 10.4. The van der Waals surface area contributed by atoms with Gasteiger partial charge in [0.2, 0.25) is 5.95 Å². The fraction of sp³-hybridized carbons (Fsp3) is 0. The summed E-state index contributed by atoms with van der Waals surface area (Å²) in [5.41, 5.74) is -0.318. The summed E-state index contributed by atoms with van der Waals surface area (Å²) in [6.45, 7) is 0. The molecule has 2 aromatic rings. The molecule has 0 spiro atoms. The number of aromatic carboxylic acids is 1. The molecule has 0 aliphatic rings. The number of halogens is 3. The van der Waals surface area contributed by atoms with Crippen LogP contribution in [0.1, 0.15) is 10.4 Å². The maximum absolute atomic E-state index is 13.8. The fourth-order valence-corrected chi connectivity index (χ4v) is 2.18. The highest BCUT2D eigenvalue weighted by atomic mass is 35.5. The van der Waals surface area contributed by atoms with Gasteiger partial charge in [-0.15, -0.1) is 0 Å². The van der Waals surface area contributed by atoms with Crippen LogP contribution in [0.15, 0.2) is 30.5 Å². The number of hydrogen-bond acceptors (Lipinski definition) is 2. The fourth-order valence-electron chi connectivity index (χ4n) is 1.59. The van der Waals surface area contributed by atoms with Crippen molar-refractivity contribution in [3.05, 3.63) is 52.0 Å². The van der Waals surface area contributed by atoms with Gasteiger partial charge in [-0.3, -0.25) is 0 Å². The molecule has 0 aliphatic heterocycles. The molecule has 1 N–H and O–H groups in total. The van der Waals surface area contributed by atoms with E-state index in [1.165, 1.54) is 18.2 Å². The Balaban J connectivity index is 2.82. The smallest absolute Gasteiger partial charge is 0.336 e. The molecule has 0 aliphatic carbocycles. The quantitative estimate of drug-likeness (QED) is 0.852. The van der Waals surface area contributed by atoms with Gasteiger partial charge in [0, 0.05) is 11.8 Å². The Kier molecular flexibility index (Phi) is 3.50. The van der Waals surface area contributed by atoms with Crippen LogP contribution < -0.4 is 0 Å². The molecule has 92 valence electrons. The molecule has 0 saturated heterocycles. The lowest BCUT2D eigenvalue weighted by Gasteiger charge is -2.10. The van der Waals surface area contributed by atoms with Gasteiger partial charge in [-0.05, 0) is 18.2 Å². The minimum atomic E-state index is -1.28. The van der Waals surface area contributed by atoms with Crippen LogP contribution in [-0.4, -0.2) is 16.1 Å². The van der Waals surface area contributed by atoms with E-state index in [2.05, 4.69) is 4.98 Å². The van der Waals surface area contributed by atoms with Gasteiger partial charge in [-0.2, -0.15) is 4.39 Å². The summed E-state index contributed by atoms with van der Waals surface area (Å²) in [4.78, 5) is 14.5. The molecule has 1 aromatic heterocycles. The predicted molar refractivity (Wildman–Crippen MR) is 66.6 cm³/mol. The first-order valence-corrected chi connectivity index (χ1v) is 5.60. The van der Waals surface area contributed by atoms with E-state index in [1.807, 2.05) is 0 Å². The second kappa shape index (κ2) is 4.92. The highest BCUT2D eigenvalue weighted by Gasteiger charge is 2.21. The van der Waals surface area contributed by atoms with Gasteiger partial charge in [-0.1, -0.05) is 29.3 Å². The number of nitrogens with zero attached hydrogens (tertiary/aromatic N) is 1. The Labute approximate surface area is 112 Å². The molecule has 0 saturated carbocycles. The van der Waals surface area contributed by atoms with Crippen LogP contribution in [0, 0.1) is 5.95 Å². The van der Waals surface area contributed by atoms with Crippen LogP contribution in [0.2, 0.25) is 10.0 Å². The molecule has 1 aromatic carbocycles. The zero-order valence-corrected chi connectivity index (χ0v) is 10.3. The number of carboxylic acids is 1. The van der Waals surface area contributed by atoms with Crippen molar-refractivity contribution in [1.82, 2.24) is 4.98 Å². The number of benzene rings is 1. The van der Waals surface area contributed by atoms with E-state index in [-0.39, 0.29) is 26.7 Å². The molecular weight excluding hydrogens is 280 g/mol. The highest BCUT2D eigenvalue weighted by Crippen LogP contribution is 2.37. The zero-order valence-electron chi connectivity index (χ0n) is 8.82. The third kappa shape index (κ3) is 2.17. The number of hydrogen-bond donors (Lipinski definition) is 1. The summed E-state index contributed by atoms with van der Waals surface area (Å²) in [5.74, 6) is -2.20. The van der Waals surface area contributed by atoms with Gasteiger partial charge >= 0.3 is 5.97 Å². The molecule has 0 amide bonds. The molecule has 0 bridgehead atoms. The third-order valence-electron chi connectivity index (χ3n) is 2.35. The van der Waals surface area contributed by atoms with E-state index >= 15 is 0 Å². The van der Waals surface area contributed by atoms with Crippen molar-refractivity contribution < 1.29 is 14.3 Å². The first kappa shape index (κ1) is 12.8. The largest absolute Gasteiger partial charge is 0.478 e. The summed E-state index contributed by atoms with van der Waals surface area (Å²) >= 11 is 11.9. The van der Waals surface area contributed by atoms with Crippen LogP contribution >= 0.6 is 23.2 Å². The maximum Gasteiger partial charge on any atom is 0.336 e. The Bertz CT molecular complexity index is 611. The van der Waals surface area contributed by atoms with E-state index in [0.717, 1.165) is 6.20 Å².